The van der Waals surface area contributed by atoms with Crippen LogP contribution in [0.3, 0.4) is 0 Å². The summed E-state index contributed by atoms with van der Waals surface area (Å²) in [5, 5.41) is 9.06. The van der Waals surface area contributed by atoms with Crippen molar-refractivity contribution in [3.63, 3.8) is 0 Å². The number of aromatic hydroxyl groups is 1. The van der Waals surface area contributed by atoms with Crippen molar-refractivity contribution in [2.45, 2.75) is 24.8 Å². The molecule has 0 aliphatic rings. The number of phenolic OH excluding ortho intramolecular Hbond substituents is 1. The molecule has 7 nitrogen and oxygen atoms in total. The SMILES string of the molecule is COc1ccc2nc(S(=O)Cc3ncc(C)c(OC)c3C)[nH]c2c1.Oc1ccccc1. The summed E-state index contributed by atoms with van der Waals surface area (Å²) in [5.41, 5.74) is 4.16. The third-order valence-corrected chi connectivity index (χ3v) is 5.82. The van der Waals surface area contributed by atoms with Crippen molar-refractivity contribution < 1.29 is 18.8 Å². The number of benzene rings is 2. The number of fused-ring (bicyclic) bond motifs is 1. The van der Waals surface area contributed by atoms with Crippen LogP contribution >= 0.6 is 0 Å². The lowest BCUT2D eigenvalue weighted by molar-refractivity contribution is 0.407. The molecule has 2 aromatic carbocycles. The van der Waals surface area contributed by atoms with Gasteiger partial charge in [-0.2, -0.15) is 0 Å². The van der Waals surface area contributed by atoms with Gasteiger partial charge in [0.1, 0.15) is 17.2 Å². The molecule has 0 fully saturated rings. The number of methoxy groups -OCH3 is 2. The summed E-state index contributed by atoms with van der Waals surface area (Å²) in [7, 11) is 1.91. The van der Waals surface area contributed by atoms with Gasteiger partial charge in [0, 0.05) is 23.4 Å². The maximum absolute atomic E-state index is 12.7. The summed E-state index contributed by atoms with van der Waals surface area (Å²) in [4.78, 5) is 11.9. The average molecular weight is 440 g/mol. The van der Waals surface area contributed by atoms with E-state index >= 15 is 0 Å². The Hall–Kier alpha value is -3.39. The minimum atomic E-state index is -1.33. The second-order valence-corrected chi connectivity index (χ2v) is 8.16. The molecule has 162 valence electrons. The van der Waals surface area contributed by atoms with E-state index in [0.717, 1.165) is 39.4 Å². The van der Waals surface area contributed by atoms with E-state index in [1.165, 1.54) is 0 Å². The quantitative estimate of drug-likeness (QED) is 0.481. The van der Waals surface area contributed by atoms with Gasteiger partial charge in [-0.05, 0) is 38.1 Å². The van der Waals surface area contributed by atoms with E-state index in [2.05, 4.69) is 15.0 Å². The summed E-state index contributed by atoms with van der Waals surface area (Å²) in [6.07, 6.45) is 1.74. The van der Waals surface area contributed by atoms with Crippen molar-refractivity contribution >= 4 is 21.8 Å². The van der Waals surface area contributed by atoms with Crippen molar-refractivity contribution in [2.24, 2.45) is 0 Å². The monoisotopic (exact) mass is 439 g/mol. The highest BCUT2D eigenvalue weighted by Gasteiger charge is 2.16. The highest BCUT2D eigenvalue weighted by Crippen LogP contribution is 2.26. The number of aromatic amines is 1. The molecule has 0 bridgehead atoms. The Kier molecular flexibility index (Phi) is 7.25. The van der Waals surface area contributed by atoms with Gasteiger partial charge < -0.3 is 19.6 Å². The van der Waals surface area contributed by atoms with Gasteiger partial charge >= 0.3 is 0 Å². The first-order valence-electron chi connectivity index (χ1n) is 9.58. The maximum Gasteiger partial charge on any atom is 0.197 e. The van der Waals surface area contributed by atoms with Gasteiger partial charge in [0.2, 0.25) is 0 Å². The number of hydrogen-bond donors (Lipinski definition) is 2. The number of phenols is 1. The Morgan fingerprint density at radius 2 is 1.81 bits per heavy atom. The topological polar surface area (TPSA) is 97.3 Å². The number of ether oxygens (including phenoxy) is 2. The van der Waals surface area contributed by atoms with E-state index < -0.39 is 10.8 Å². The number of rotatable bonds is 5. The molecule has 0 saturated carbocycles. The Morgan fingerprint density at radius 3 is 2.42 bits per heavy atom. The first-order chi connectivity index (χ1) is 14.9. The fourth-order valence-corrected chi connectivity index (χ4v) is 4.14. The number of H-pyrrole nitrogens is 1. The molecule has 0 amide bonds. The maximum atomic E-state index is 12.7. The fourth-order valence-electron chi connectivity index (χ4n) is 3.04. The van der Waals surface area contributed by atoms with E-state index in [0.29, 0.717) is 10.9 Å². The number of hydrogen-bond acceptors (Lipinski definition) is 6. The number of imidazole rings is 1. The third kappa shape index (κ3) is 5.40. The smallest absolute Gasteiger partial charge is 0.197 e. The van der Waals surface area contributed by atoms with Gasteiger partial charge in [0.05, 0.1) is 47.5 Å². The van der Waals surface area contributed by atoms with Crippen molar-refractivity contribution in [1.82, 2.24) is 15.0 Å². The highest BCUT2D eigenvalue weighted by molar-refractivity contribution is 7.84. The van der Waals surface area contributed by atoms with Crippen LogP contribution in [0.1, 0.15) is 16.8 Å². The van der Waals surface area contributed by atoms with Crippen LogP contribution in [0.2, 0.25) is 0 Å². The second-order valence-electron chi connectivity index (χ2n) is 6.80. The Labute approximate surface area is 183 Å². The van der Waals surface area contributed by atoms with Crippen LogP contribution in [0.4, 0.5) is 0 Å². The Balaban J connectivity index is 0.000000330. The average Bonchev–Trinajstić information content (AvgIpc) is 3.20. The van der Waals surface area contributed by atoms with E-state index in [1.807, 2.05) is 38.1 Å². The van der Waals surface area contributed by atoms with Crippen molar-refractivity contribution in [2.75, 3.05) is 14.2 Å². The van der Waals surface area contributed by atoms with Crippen LogP contribution in [0.15, 0.2) is 59.9 Å². The zero-order chi connectivity index (χ0) is 22.4. The van der Waals surface area contributed by atoms with Crippen LogP contribution < -0.4 is 9.47 Å². The number of aryl methyl sites for hydroxylation is 1. The lowest BCUT2D eigenvalue weighted by atomic mass is 10.1. The summed E-state index contributed by atoms with van der Waals surface area (Å²) < 4.78 is 23.3. The molecule has 8 heteroatoms. The van der Waals surface area contributed by atoms with Crippen LogP contribution in [0, 0.1) is 13.8 Å². The summed E-state index contributed by atoms with van der Waals surface area (Å²) in [6.45, 7) is 3.86. The molecular weight excluding hydrogens is 414 g/mol. The number of nitrogens with zero attached hydrogens (tertiary/aromatic N) is 2. The molecule has 2 aromatic heterocycles. The van der Waals surface area contributed by atoms with Crippen LogP contribution in [-0.4, -0.2) is 38.5 Å². The highest BCUT2D eigenvalue weighted by atomic mass is 32.2. The van der Waals surface area contributed by atoms with E-state index in [9.17, 15) is 4.21 Å². The Bertz CT molecular complexity index is 1190. The van der Waals surface area contributed by atoms with E-state index in [1.54, 1.807) is 44.7 Å². The summed E-state index contributed by atoms with van der Waals surface area (Å²) >= 11 is 0. The van der Waals surface area contributed by atoms with Crippen LogP contribution in [0.5, 0.6) is 17.2 Å². The van der Waals surface area contributed by atoms with Gasteiger partial charge in [-0.15, -0.1) is 0 Å². The number of aromatic nitrogens is 3. The zero-order valence-corrected chi connectivity index (χ0v) is 18.7. The molecule has 2 N–H and O–H groups in total. The number of pyridine rings is 1. The predicted molar refractivity (Wildman–Crippen MR) is 121 cm³/mol. The molecule has 1 unspecified atom stereocenters. The van der Waals surface area contributed by atoms with E-state index in [-0.39, 0.29) is 5.75 Å². The molecule has 0 saturated heterocycles. The second kappa shape index (κ2) is 10.1. The predicted octanol–water partition coefficient (Wildman–Crippen LogP) is 4.29. The van der Waals surface area contributed by atoms with Gasteiger partial charge in [0.25, 0.3) is 0 Å². The normalized spacial score (nSPS) is 11.5. The van der Waals surface area contributed by atoms with Gasteiger partial charge in [-0.25, -0.2) is 4.98 Å². The van der Waals surface area contributed by atoms with Crippen molar-refractivity contribution in [3.8, 4) is 17.2 Å². The lowest BCUT2D eigenvalue weighted by Crippen LogP contribution is -2.05. The fraction of sp³-hybridized carbons (Fsp3) is 0.217. The minimum absolute atomic E-state index is 0.277. The first kappa shape index (κ1) is 22.3. The number of nitrogens with one attached hydrogen (secondary N) is 1. The molecular formula is C23H25N3O4S. The van der Waals surface area contributed by atoms with E-state index in [4.69, 9.17) is 14.6 Å². The summed E-state index contributed by atoms with van der Waals surface area (Å²) in [6, 6.07) is 14.2. The van der Waals surface area contributed by atoms with Crippen molar-refractivity contribution in [1.29, 1.82) is 0 Å². The molecule has 4 aromatic rings. The molecule has 0 radical (unpaired) electrons. The van der Waals surface area contributed by atoms with Gasteiger partial charge in [-0.3, -0.25) is 9.19 Å². The standard InChI is InChI=1S/C17H19N3O3S.C6H6O/c1-10-8-18-15(11(2)16(10)23-4)9-24(21)17-19-13-6-5-12(22-3)7-14(13)20-17;7-6-4-2-1-3-5-6/h5-8H,9H2,1-4H3,(H,19,20);1-5,7H. The molecule has 0 spiro atoms. The molecule has 0 aliphatic heterocycles. The molecule has 2 heterocycles. The van der Waals surface area contributed by atoms with Crippen LogP contribution in [-0.2, 0) is 16.6 Å². The summed E-state index contributed by atoms with van der Waals surface area (Å²) in [5.74, 6) is 2.11. The van der Waals surface area contributed by atoms with Gasteiger partial charge in [-0.1, -0.05) is 18.2 Å². The Morgan fingerprint density at radius 1 is 1.06 bits per heavy atom. The first-order valence-corrected chi connectivity index (χ1v) is 10.9. The van der Waals surface area contributed by atoms with Crippen molar-refractivity contribution in [3.05, 3.63) is 71.5 Å². The zero-order valence-electron chi connectivity index (χ0n) is 17.9. The number of para-hydroxylation sites is 1. The molecule has 0 aliphatic carbocycles. The lowest BCUT2D eigenvalue weighted by Gasteiger charge is -2.11. The molecule has 31 heavy (non-hydrogen) atoms. The third-order valence-electron chi connectivity index (χ3n) is 4.66. The largest absolute Gasteiger partial charge is 0.508 e. The van der Waals surface area contributed by atoms with Crippen LogP contribution in [0.25, 0.3) is 11.0 Å². The molecule has 1 atom stereocenters. The molecule has 4 rings (SSSR count). The minimum Gasteiger partial charge on any atom is -0.508 e. The van der Waals surface area contributed by atoms with Gasteiger partial charge in [0.15, 0.2) is 5.16 Å².